The molecule has 6 nitrogen and oxygen atoms in total. The Bertz CT molecular complexity index is 675. The number of piperidine rings is 1. The summed E-state index contributed by atoms with van der Waals surface area (Å²) < 4.78 is 30.4. The molecule has 1 aromatic carbocycles. The highest BCUT2D eigenvalue weighted by Crippen LogP contribution is 2.19. The number of nitrogens with zero attached hydrogens (tertiary/aromatic N) is 1. The SMILES string of the molecule is Cc1ccccc1OC[C@@H](C)NC(=O)[C@H]1CCCN(S(C)(=O)=O)C1. The number of nitrogens with one attached hydrogen (secondary N) is 1. The second kappa shape index (κ2) is 7.98. The highest BCUT2D eigenvalue weighted by Gasteiger charge is 2.30. The van der Waals surface area contributed by atoms with E-state index in [1.807, 2.05) is 38.1 Å². The van der Waals surface area contributed by atoms with Crippen LogP contribution >= 0.6 is 0 Å². The molecule has 2 atom stereocenters. The smallest absolute Gasteiger partial charge is 0.224 e. The first-order valence-corrected chi connectivity index (χ1v) is 10.1. The monoisotopic (exact) mass is 354 g/mol. The minimum Gasteiger partial charge on any atom is -0.491 e. The summed E-state index contributed by atoms with van der Waals surface area (Å²) in [6.45, 7) is 4.98. The summed E-state index contributed by atoms with van der Waals surface area (Å²) in [5.74, 6) is 0.401. The van der Waals surface area contributed by atoms with Crippen molar-refractivity contribution in [1.29, 1.82) is 0 Å². The molecule has 0 saturated carbocycles. The second-order valence-corrected chi connectivity index (χ2v) is 8.43. The van der Waals surface area contributed by atoms with E-state index in [9.17, 15) is 13.2 Å². The van der Waals surface area contributed by atoms with E-state index < -0.39 is 10.0 Å². The molecule has 0 aliphatic carbocycles. The number of aryl methyl sites for hydroxylation is 1. The summed E-state index contributed by atoms with van der Waals surface area (Å²) >= 11 is 0. The summed E-state index contributed by atoms with van der Waals surface area (Å²) in [6.07, 6.45) is 2.61. The predicted molar refractivity (Wildman–Crippen MR) is 93.4 cm³/mol. The van der Waals surface area contributed by atoms with Crippen molar-refractivity contribution >= 4 is 15.9 Å². The Labute approximate surface area is 144 Å². The van der Waals surface area contributed by atoms with Crippen LogP contribution in [0.5, 0.6) is 5.75 Å². The maximum atomic E-state index is 12.4. The fraction of sp³-hybridized carbons (Fsp3) is 0.588. The van der Waals surface area contributed by atoms with Crippen molar-refractivity contribution in [1.82, 2.24) is 9.62 Å². The maximum absolute atomic E-state index is 12.4. The number of hydrogen-bond acceptors (Lipinski definition) is 4. The lowest BCUT2D eigenvalue weighted by molar-refractivity contribution is -0.126. The van der Waals surface area contributed by atoms with Crippen LogP contribution in [0.25, 0.3) is 0 Å². The normalized spacial score (nSPS) is 20.4. The van der Waals surface area contributed by atoms with Crippen molar-refractivity contribution in [2.75, 3.05) is 26.0 Å². The molecule has 1 N–H and O–H groups in total. The number of hydrogen-bond donors (Lipinski definition) is 1. The van der Waals surface area contributed by atoms with Crippen molar-refractivity contribution in [3.63, 3.8) is 0 Å². The molecule has 1 fully saturated rings. The summed E-state index contributed by atoms with van der Waals surface area (Å²) in [6, 6.07) is 7.58. The number of carbonyl (C=O) groups excluding carboxylic acids is 1. The van der Waals surface area contributed by atoms with Crippen LogP contribution in [0.2, 0.25) is 0 Å². The van der Waals surface area contributed by atoms with Crippen LogP contribution in [-0.4, -0.2) is 50.6 Å². The van der Waals surface area contributed by atoms with Crippen LogP contribution in [0.15, 0.2) is 24.3 Å². The third kappa shape index (κ3) is 5.21. The van der Waals surface area contributed by atoms with Gasteiger partial charge in [0, 0.05) is 13.1 Å². The summed E-state index contributed by atoms with van der Waals surface area (Å²) in [7, 11) is -3.24. The van der Waals surface area contributed by atoms with Crippen molar-refractivity contribution in [2.24, 2.45) is 5.92 Å². The number of sulfonamides is 1. The molecule has 1 saturated heterocycles. The van der Waals surface area contributed by atoms with Gasteiger partial charge in [-0.05, 0) is 38.3 Å². The Balaban J connectivity index is 1.84. The second-order valence-electron chi connectivity index (χ2n) is 6.45. The number of ether oxygens (including phenoxy) is 1. The van der Waals surface area contributed by atoms with Crippen molar-refractivity contribution in [2.45, 2.75) is 32.7 Å². The zero-order valence-electron chi connectivity index (χ0n) is 14.5. The Kier molecular flexibility index (Phi) is 6.23. The Morgan fingerprint density at radius 1 is 1.42 bits per heavy atom. The van der Waals surface area contributed by atoms with Crippen molar-refractivity contribution in [3.8, 4) is 5.75 Å². The molecular formula is C17H26N2O4S. The average molecular weight is 354 g/mol. The van der Waals surface area contributed by atoms with Gasteiger partial charge in [-0.15, -0.1) is 0 Å². The van der Waals surface area contributed by atoms with Gasteiger partial charge in [-0.1, -0.05) is 18.2 Å². The quantitative estimate of drug-likeness (QED) is 0.841. The van der Waals surface area contributed by atoms with E-state index in [1.165, 1.54) is 10.6 Å². The molecule has 0 spiro atoms. The van der Waals surface area contributed by atoms with Gasteiger partial charge in [0.05, 0.1) is 18.2 Å². The standard InChI is InChI=1S/C17H26N2O4S/c1-13-7-4-5-9-16(13)23-12-14(2)18-17(20)15-8-6-10-19(11-15)24(3,21)22/h4-5,7,9,14-15H,6,8,10-12H2,1-3H3,(H,18,20)/t14-,15+/m1/s1. The molecule has 0 aromatic heterocycles. The highest BCUT2D eigenvalue weighted by atomic mass is 32.2. The minimum absolute atomic E-state index is 0.107. The lowest BCUT2D eigenvalue weighted by Crippen LogP contribution is -2.47. The van der Waals surface area contributed by atoms with Crippen LogP contribution in [0.4, 0.5) is 0 Å². The lowest BCUT2D eigenvalue weighted by Gasteiger charge is -2.30. The van der Waals surface area contributed by atoms with E-state index in [2.05, 4.69) is 5.32 Å². The number of amides is 1. The van der Waals surface area contributed by atoms with Crippen molar-refractivity contribution < 1.29 is 17.9 Å². The molecule has 1 amide bonds. The first-order valence-electron chi connectivity index (χ1n) is 8.21. The van der Waals surface area contributed by atoms with E-state index in [4.69, 9.17) is 4.74 Å². The Morgan fingerprint density at radius 2 is 2.12 bits per heavy atom. The van der Waals surface area contributed by atoms with Gasteiger partial charge in [-0.3, -0.25) is 4.79 Å². The van der Waals surface area contributed by atoms with E-state index in [-0.39, 0.29) is 24.4 Å². The summed E-state index contributed by atoms with van der Waals surface area (Å²) in [4.78, 5) is 12.4. The van der Waals surface area contributed by atoms with Gasteiger partial charge in [0.25, 0.3) is 0 Å². The number of rotatable bonds is 6. The highest BCUT2D eigenvalue weighted by molar-refractivity contribution is 7.88. The van der Waals surface area contributed by atoms with Crippen LogP contribution in [0.3, 0.4) is 0 Å². The van der Waals surface area contributed by atoms with Gasteiger partial charge in [-0.25, -0.2) is 12.7 Å². The van der Waals surface area contributed by atoms with E-state index in [0.717, 1.165) is 11.3 Å². The average Bonchev–Trinajstić information content (AvgIpc) is 2.53. The van der Waals surface area contributed by atoms with Crippen LogP contribution in [0, 0.1) is 12.8 Å². The van der Waals surface area contributed by atoms with Crippen molar-refractivity contribution in [3.05, 3.63) is 29.8 Å². The van der Waals surface area contributed by atoms with Crippen LogP contribution in [-0.2, 0) is 14.8 Å². The molecule has 1 aliphatic rings. The number of para-hydroxylation sites is 1. The fourth-order valence-electron chi connectivity index (χ4n) is 2.79. The van der Waals surface area contributed by atoms with Crippen LogP contribution < -0.4 is 10.1 Å². The molecule has 0 radical (unpaired) electrons. The summed E-state index contributed by atoms with van der Waals surface area (Å²) in [5.41, 5.74) is 1.05. The molecule has 0 bridgehead atoms. The van der Waals surface area contributed by atoms with E-state index >= 15 is 0 Å². The molecule has 7 heteroatoms. The maximum Gasteiger partial charge on any atom is 0.224 e. The van der Waals surface area contributed by atoms with E-state index in [0.29, 0.717) is 26.0 Å². The third-order valence-corrected chi connectivity index (χ3v) is 5.46. The zero-order chi connectivity index (χ0) is 17.7. The largest absolute Gasteiger partial charge is 0.491 e. The third-order valence-electron chi connectivity index (χ3n) is 4.20. The molecule has 0 unspecified atom stereocenters. The molecule has 24 heavy (non-hydrogen) atoms. The lowest BCUT2D eigenvalue weighted by atomic mass is 9.98. The van der Waals surface area contributed by atoms with Gasteiger partial charge < -0.3 is 10.1 Å². The van der Waals surface area contributed by atoms with Crippen LogP contribution in [0.1, 0.15) is 25.3 Å². The molecular weight excluding hydrogens is 328 g/mol. The molecule has 1 heterocycles. The van der Waals surface area contributed by atoms with Gasteiger partial charge in [0.15, 0.2) is 0 Å². The topological polar surface area (TPSA) is 75.7 Å². The molecule has 1 aromatic rings. The number of carbonyl (C=O) groups is 1. The first-order chi connectivity index (χ1) is 11.3. The molecule has 2 rings (SSSR count). The number of benzene rings is 1. The van der Waals surface area contributed by atoms with Gasteiger partial charge in [0.1, 0.15) is 12.4 Å². The summed E-state index contributed by atoms with van der Waals surface area (Å²) in [5, 5.41) is 2.93. The first kappa shape index (κ1) is 18.7. The minimum atomic E-state index is -3.24. The Hall–Kier alpha value is -1.60. The van der Waals surface area contributed by atoms with Gasteiger partial charge in [0.2, 0.25) is 15.9 Å². The van der Waals surface area contributed by atoms with Gasteiger partial charge >= 0.3 is 0 Å². The predicted octanol–water partition coefficient (Wildman–Crippen LogP) is 1.55. The Morgan fingerprint density at radius 3 is 2.79 bits per heavy atom. The van der Waals surface area contributed by atoms with Gasteiger partial charge in [-0.2, -0.15) is 0 Å². The molecule has 134 valence electrons. The van der Waals surface area contributed by atoms with E-state index in [1.54, 1.807) is 0 Å². The zero-order valence-corrected chi connectivity index (χ0v) is 15.3. The molecule has 1 aliphatic heterocycles. The fourth-order valence-corrected chi connectivity index (χ4v) is 3.70.